The number of ether oxygens (including phenoxy) is 1. The first-order valence-electron chi connectivity index (χ1n) is 8.21. The molecule has 0 radical (unpaired) electrons. The molecule has 0 aliphatic heterocycles. The molecule has 0 aliphatic carbocycles. The SMILES string of the molecule is CC(=O)N(C)c1ccc(NC(=S)NC(=O)COc2c(C)cc(Br)cc2Br)cc1. The van der Waals surface area contributed by atoms with E-state index in [0.717, 1.165) is 20.2 Å². The molecule has 0 atom stereocenters. The minimum absolute atomic E-state index is 0.0591. The number of carbonyl (C=O) groups excluding carboxylic acids is 2. The van der Waals surface area contributed by atoms with Crippen LogP contribution < -0.4 is 20.3 Å². The lowest BCUT2D eigenvalue weighted by Crippen LogP contribution is -2.37. The summed E-state index contributed by atoms with van der Waals surface area (Å²) in [5.74, 6) is 0.165. The number of aryl methyl sites for hydroxylation is 1. The molecule has 0 fully saturated rings. The van der Waals surface area contributed by atoms with Crippen molar-refractivity contribution in [3.05, 3.63) is 50.9 Å². The number of halogens is 2. The first-order chi connectivity index (χ1) is 13.2. The maximum absolute atomic E-state index is 12.1. The topological polar surface area (TPSA) is 70.7 Å². The largest absolute Gasteiger partial charge is 0.482 e. The average Bonchev–Trinajstić information content (AvgIpc) is 2.60. The molecule has 0 aliphatic rings. The van der Waals surface area contributed by atoms with Crippen LogP contribution in [0.5, 0.6) is 5.75 Å². The maximum Gasteiger partial charge on any atom is 0.264 e. The third-order valence-electron chi connectivity index (χ3n) is 3.78. The fourth-order valence-electron chi connectivity index (χ4n) is 2.28. The normalized spacial score (nSPS) is 10.2. The smallest absolute Gasteiger partial charge is 0.264 e. The van der Waals surface area contributed by atoms with E-state index in [1.807, 2.05) is 19.1 Å². The van der Waals surface area contributed by atoms with Gasteiger partial charge in [-0.15, -0.1) is 0 Å². The monoisotopic (exact) mass is 527 g/mol. The van der Waals surface area contributed by atoms with Gasteiger partial charge in [-0.3, -0.25) is 14.9 Å². The molecule has 0 aromatic heterocycles. The Hall–Kier alpha value is -1.97. The van der Waals surface area contributed by atoms with Crippen LogP contribution in [0.25, 0.3) is 0 Å². The zero-order chi connectivity index (χ0) is 20.8. The Kier molecular flexibility index (Phi) is 7.97. The number of hydrogen-bond donors (Lipinski definition) is 2. The quantitative estimate of drug-likeness (QED) is 0.563. The van der Waals surface area contributed by atoms with Crippen LogP contribution in [0.4, 0.5) is 11.4 Å². The Labute approximate surface area is 185 Å². The van der Waals surface area contributed by atoms with Crippen molar-refractivity contribution in [1.82, 2.24) is 5.32 Å². The molecule has 148 valence electrons. The lowest BCUT2D eigenvalue weighted by molar-refractivity contribution is -0.121. The number of anilines is 2. The number of hydrogen-bond acceptors (Lipinski definition) is 4. The zero-order valence-electron chi connectivity index (χ0n) is 15.5. The lowest BCUT2D eigenvalue weighted by atomic mass is 10.2. The van der Waals surface area contributed by atoms with Crippen LogP contribution in [0.1, 0.15) is 12.5 Å². The maximum atomic E-state index is 12.1. The molecular formula is C19H19Br2N3O3S. The van der Waals surface area contributed by atoms with Gasteiger partial charge in [-0.2, -0.15) is 0 Å². The fourth-order valence-corrected chi connectivity index (χ4v) is 4.07. The third-order valence-corrected chi connectivity index (χ3v) is 5.03. The van der Waals surface area contributed by atoms with Crippen LogP contribution >= 0.6 is 44.1 Å². The predicted molar refractivity (Wildman–Crippen MR) is 122 cm³/mol. The number of nitrogens with zero attached hydrogens (tertiary/aromatic N) is 1. The van der Waals surface area contributed by atoms with E-state index in [9.17, 15) is 9.59 Å². The van der Waals surface area contributed by atoms with Crippen LogP contribution in [0, 0.1) is 6.92 Å². The Balaban J connectivity index is 1.87. The highest BCUT2D eigenvalue weighted by Gasteiger charge is 2.11. The summed E-state index contributed by atoms with van der Waals surface area (Å²) >= 11 is 12.0. The van der Waals surface area contributed by atoms with Crippen LogP contribution in [0.15, 0.2) is 45.3 Å². The van der Waals surface area contributed by atoms with Gasteiger partial charge in [0, 0.05) is 29.8 Å². The molecule has 6 nitrogen and oxygen atoms in total. The highest BCUT2D eigenvalue weighted by Crippen LogP contribution is 2.32. The molecule has 0 heterocycles. The summed E-state index contributed by atoms with van der Waals surface area (Å²) in [6, 6.07) is 10.9. The van der Waals surface area contributed by atoms with Crippen molar-refractivity contribution in [2.75, 3.05) is 23.9 Å². The number of carbonyl (C=O) groups is 2. The van der Waals surface area contributed by atoms with Crippen molar-refractivity contribution in [2.45, 2.75) is 13.8 Å². The third kappa shape index (κ3) is 6.29. The minimum Gasteiger partial charge on any atom is -0.482 e. The molecule has 28 heavy (non-hydrogen) atoms. The second-order valence-corrected chi connectivity index (χ2v) is 8.13. The van der Waals surface area contributed by atoms with Crippen molar-refractivity contribution in [3.8, 4) is 5.75 Å². The van der Waals surface area contributed by atoms with E-state index < -0.39 is 0 Å². The minimum atomic E-state index is -0.375. The van der Waals surface area contributed by atoms with Gasteiger partial charge in [0.2, 0.25) is 5.91 Å². The summed E-state index contributed by atoms with van der Waals surface area (Å²) in [6.45, 7) is 3.21. The van der Waals surface area contributed by atoms with Gasteiger partial charge >= 0.3 is 0 Å². The van der Waals surface area contributed by atoms with Crippen LogP contribution in [0.2, 0.25) is 0 Å². The van der Waals surface area contributed by atoms with Gasteiger partial charge < -0.3 is 15.0 Å². The molecule has 0 saturated carbocycles. The van der Waals surface area contributed by atoms with Gasteiger partial charge in [-0.25, -0.2) is 0 Å². The van der Waals surface area contributed by atoms with Crippen LogP contribution in [0.3, 0.4) is 0 Å². The van der Waals surface area contributed by atoms with Crippen molar-refractivity contribution in [2.24, 2.45) is 0 Å². The summed E-state index contributed by atoms with van der Waals surface area (Å²) in [6.07, 6.45) is 0. The fraction of sp³-hybridized carbons (Fsp3) is 0.211. The first kappa shape index (κ1) is 22.3. The van der Waals surface area contributed by atoms with Gasteiger partial charge in [0.25, 0.3) is 5.91 Å². The highest BCUT2D eigenvalue weighted by atomic mass is 79.9. The van der Waals surface area contributed by atoms with E-state index in [2.05, 4.69) is 42.5 Å². The molecule has 0 saturated heterocycles. The highest BCUT2D eigenvalue weighted by molar-refractivity contribution is 9.11. The molecule has 2 aromatic carbocycles. The Bertz CT molecular complexity index is 881. The number of nitrogens with one attached hydrogen (secondary N) is 2. The van der Waals surface area contributed by atoms with Crippen LogP contribution in [-0.2, 0) is 9.59 Å². The molecule has 0 spiro atoms. The first-order valence-corrected chi connectivity index (χ1v) is 10.2. The zero-order valence-corrected chi connectivity index (χ0v) is 19.5. The van der Waals surface area contributed by atoms with Crippen molar-refractivity contribution < 1.29 is 14.3 Å². The number of amides is 2. The second-order valence-electron chi connectivity index (χ2n) is 5.95. The molecule has 2 N–H and O–H groups in total. The number of thiocarbonyl (C=S) groups is 1. The van der Waals surface area contributed by atoms with Gasteiger partial charge in [0.1, 0.15) is 5.75 Å². The van der Waals surface area contributed by atoms with Crippen LogP contribution in [-0.4, -0.2) is 30.6 Å². The molecule has 2 aromatic rings. The van der Waals surface area contributed by atoms with Crippen molar-refractivity contribution >= 4 is 72.4 Å². The molecule has 9 heteroatoms. The number of benzene rings is 2. The summed E-state index contributed by atoms with van der Waals surface area (Å²) in [5, 5.41) is 5.65. The lowest BCUT2D eigenvalue weighted by Gasteiger charge is -2.16. The standard InChI is InChI=1S/C19H19Br2N3O3S/c1-11-8-13(20)9-16(21)18(11)27-10-17(26)23-19(28)22-14-4-6-15(7-5-14)24(3)12(2)25/h4-9H,10H2,1-3H3,(H2,22,23,26,28). The van der Waals surface area contributed by atoms with Gasteiger partial charge in [-0.1, -0.05) is 15.9 Å². The summed E-state index contributed by atoms with van der Waals surface area (Å²) in [5.41, 5.74) is 2.35. The Morgan fingerprint density at radius 2 is 1.82 bits per heavy atom. The van der Waals surface area contributed by atoms with E-state index in [-0.39, 0.29) is 23.5 Å². The van der Waals surface area contributed by atoms with E-state index in [4.69, 9.17) is 17.0 Å². The summed E-state index contributed by atoms with van der Waals surface area (Å²) in [7, 11) is 1.70. The molecule has 0 bridgehead atoms. The molecule has 0 unspecified atom stereocenters. The Morgan fingerprint density at radius 1 is 1.18 bits per heavy atom. The van der Waals surface area contributed by atoms with E-state index in [1.165, 1.54) is 11.8 Å². The van der Waals surface area contributed by atoms with E-state index >= 15 is 0 Å². The molecule has 2 rings (SSSR count). The summed E-state index contributed by atoms with van der Waals surface area (Å²) in [4.78, 5) is 25.0. The van der Waals surface area contributed by atoms with Gasteiger partial charge in [0.15, 0.2) is 11.7 Å². The van der Waals surface area contributed by atoms with Gasteiger partial charge in [-0.05, 0) is 77.0 Å². The molecular weight excluding hydrogens is 510 g/mol. The van der Waals surface area contributed by atoms with E-state index in [0.29, 0.717) is 11.4 Å². The van der Waals surface area contributed by atoms with Gasteiger partial charge in [0.05, 0.1) is 4.47 Å². The van der Waals surface area contributed by atoms with E-state index in [1.54, 1.807) is 31.3 Å². The second kappa shape index (κ2) is 9.99. The summed E-state index contributed by atoms with van der Waals surface area (Å²) < 4.78 is 7.26. The van der Waals surface area contributed by atoms with Crippen molar-refractivity contribution in [1.29, 1.82) is 0 Å². The Morgan fingerprint density at radius 3 is 2.39 bits per heavy atom. The van der Waals surface area contributed by atoms with Crippen molar-refractivity contribution in [3.63, 3.8) is 0 Å². The number of rotatable bonds is 5. The average molecular weight is 529 g/mol. The predicted octanol–water partition coefficient (Wildman–Crippen LogP) is 4.39. The molecule has 2 amide bonds.